The van der Waals surface area contributed by atoms with E-state index in [-0.39, 0.29) is 37.7 Å². The summed E-state index contributed by atoms with van der Waals surface area (Å²) in [6.07, 6.45) is 0.512. The molecule has 1 aromatic rings. The molecule has 34 heavy (non-hydrogen) atoms. The molecule has 188 valence electrons. The number of alkyl carbamates (subject to hydrolysis) is 1. The molecule has 1 fully saturated rings. The second kappa shape index (κ2) is 11.2. The number of rotatable bonds is 6. The highest BCUT2D eigenvalue weighted by molar-refractivity contribution is 5.95. The summed E-state index contributed by atoms with van der Waals surface area (Å²) in [5, 5.41) is 2.47. The fourth-order valence-electron chi connectivity index (χ4n) is 2.82. The second-order valence-corrected chi connectivity index (χ2v) is 9.71. The van der Waals surface area contributed by atoms with E-state index in [4.69, 9.17) is 14.2 Å². The summed E-state index contributed by atoms with van der Waals surface area (Å²) < 4.78 is 29.1. The van der Waals surface area contributed by atoms with Crippen LogP contribution in [0, 0.1) is 0 Å². The van der Waals surface area contributed by atoms with E-state index in [0.29, 0.717) is 24.4 Å². The van der Waals surface area contributed by atoms with Crippen LogP contribution in [0.1, 0.15) is 41.5 Å². The fourth-order valence-corrected chi connectivity index (χ4v) is 2.82. The van der Waals surface area contributed by atoms with Crippen molar-refractivity contribution in [2.24, 2.45) is 0 Å². The van der Waals surface area contributed by atoms with Crippen LogP contribution in [-0.2, 0) is 14.3 Å². The van der Waals surface area contributed by atoms with Gasteiger partial charge < -0.3 is 24.4 Å². The number of pyridine rings is 1. The minimum Gasteiger partial charge on any atom is -0.487 e. The Morgan fingerprint density at radius 2 is 1.79 bits per heavy atom. The Balaban J connectivity index is 1.84. The van der Waals surface area contributed by atoms with Crippen LogP contribution < -0.4 is 15.0 Å². The molecule has 0 spiro atoms. The first-order chi connectivity index (χ1) is 15.8. The van der Waals surface area contributed by atoms with Gasteiger partial charge in [0.15, 0.2) is 0 Å². The maximum absolute atomic E-state index is 13.1. The van der Waals surface area contributed by atoms with E-state index >= 15 is 0 Å². The number of carbonyl (C=O) groups excluding carboxylic acids is 3. The molecule has 1 N–H and O–H groups in total. The first kappa shape index (κ1) is 26.9. The lowest BCUT2D eigenvalue weighted by Crippen LogP contribution is -2.53. The summed E-state index contributed by atoms with van der Waals surface area (Å²) in [4.78, 5) is 43.4. The van der Waals surface area contributed by atoms with Gasteiger partial charge in [0.25, 0.3) is 5.91 Å². The largest absolute Gasteiger partial charge is 0.487 e. The van der Waals surface area contributed by atoms with Gasteiger partial charge in [0.05, 0.1) is 19.1 Å². The van der Waals surface area contributed by atoms with Crippen molar-refractivity contribution >= 4 is 23.9 Å². The zero-order valence-electron chi connectivity index (χ0n) is 20.5. The van der Waals surface area contributed by atoms with E-state index < -0.39 is 23.4 Å². The van der Waals surface area contributed by atoms with Crippen molar-refractivity contribution in [2.45, 2.75) is 52.7 Å². The van der Waals surface area contributed by atoms with Crippen LogP contribution in [0.25, 0.3) is 0 Å². The Hall–Kier alpha value is -3.37. The molecule has 1 aromatic heterocycles. The summed E-state index contributed by atoms with van der Waals surface area (Å²) in [5.74, 6) is 0.550. The second-order valence-electron chi connectivity index (χ2n) is 9.71. The number of nitrogens with zero attached hydrogens (tertiary/aromatic N) is 3. The van der Waals surface area contributed by atoms with E-state index in [0.717, 1.165) is 4.90 Å². The average Bonchev–Trinajstić information content (AvgIpc) is 2.71. The molecule has 0 saturated carbocycles. The van der Waals surface area contributed by atoms with Gasteiger partial charge in [0, 0.05) is 25.2 Å². The first-order valence-corrected chi connectivity index (χ1v) is 10.9. The van der Waals surface area contributed by atoms with Crippen molar-refractivity contribution in [3.8, 4) is 5.75 Å². The molecular weight excluding hydrogens is 447 g/mol. The number of ether oxygens (including phenoxy) is 3. The molecule has 0 aliphatic carbocycles. The minimum absolute atomic E-state index is 0.0164. The fraction of sp³-hybridized carbons (Fsp3) is 0.565. The van der Waals surface area contributed by atoms with Gasteiger partial charge >= 0.3 is 12.2 Å². The van der Waals surface area contributed by atoms with Crippen molar-refractivity contribution in [1.29, 1.82) is 0 Å². The van der Waals surface area contributed by atoms with Gasteiger partial charge in [-0.05, 0) is 53.7 Å². The van der Waals surface area contributed by atoms with E-state index in [1.54, 1.807) is 58.6 Å². The van der Waals surface area contributed by atoms with Gasteiger partial charge in [-0.1, -0.05) is 0 Å². The minimum atomic E-state index is -0.686. The molecule has 1 aliphatic rings. The normalized spacial score (nSPS) is 15.1. The molecule has 11 heteroatoms. The Morgan fingerprint density at radius 1 is 1.12 bits per heavy atom. The highest BCUT2D eigenvalue weighted by Crippen LogP contribution is 2.20. The van der Waals surface area contributed by atoms with Crippen molar-refractivity contribution < 1.29 is 33.0 Å². The van der Waals surface area contributed by atoms with E-state index in [1.165, 1.54) is 6.20 Å². The summed E-state index contributed by atoms with van der Waals surface area (Å²) in [6.45, 7) is 10.8. The highest BCUT2D eigenvalue weighted by Gasteiger charge is 2.32. The molecular formula is C23H33FN4O6. The SMILES string of the molecule is CC(C)(C)OC(=O)NC/C(=C\F)COc1ccc(N2CCN(C(=O)OC(C)(C)C)C(=O)C2)nc1. The first-order valence-electron chi connectivity index (χ1n) is 10.9. The highest BCUT2D eigenvalue weighted by atomic mass is 19.1. The lowest BCUT2D eigenvalue weighted by molar-refractivity contribution is -0.130. The maximum Gasteiger partial charge on any atom is 0.417 e. The number of carbonyl (C=O) groups is 3. The van der Waals surface area contributed by atoms with Crippen LogP contribution in [-0.4, -0.2) is 72.0 Å². The summed E-state index contributed by atoms with van der Waals surface area (Å²) >= 11 is 0. The Labute approximate surface area is 199 Å². The van der Waals surface area contributed by atoms with Gasteiger partial charge in [-0.15, -0.1) is 0 Å². The van der Waals surface area contributed by atoms with E-state index in [9.17, 15) is 18.8 Å². The third-order valence-corrected chi connectivity index (χ3v) is 4.32. The lowest BCUT2D eigenvalue weighted by Gasteiger charge is -2.34. The van der Waals surface area contributed by atoms with Crippen LogP contribution in [0.4, 0.5) is 19.8 Å². The van der Waals surface area contributed by atoms with Crippen molar-refractivity contribution in [2.75, 3.05) is 37.7 Å². The molecule has 3 amide bonds. The summed E-state index contributed by atoms with van der Waals surface area (Å²) in [6, 6.07) is 3.31. The predicted molar refractivity (Wildman–Crippen MR) is 123 cm³/mol. The Kier molecular flexibility index (Phi) is 8.83. The monoisotopic (exact) mass is 480 g/mol. The van der Waals surface area contributed by atoms with Crippen molar-refractivity contribution in [1.82, 2.24) is 15.2 Å². The zero-order valence-corrected chi connectivity index (χ0v) is 20.5. The van der Waals surface area contributed by atoms with Crippen LogP contribution in [0.2, 0.25) is 0 Å². The molecule has 0 radical (unpaired) electrons. The van der Waals surface area contributed by atoms with Crippen LogP contribution in [0.15, 0.2) is 30.2 Å². The van der Waals surface area contributed by atoms with Gasteiger partial charge in [0.1, 0.15) is 29.4 Å². The van der Waals surface area contributed by atoms with Crippen LogP contribution >= 0.6 is 0 Å². The molecule has 2 rings (SSSR count). The third kappa shape index (κ3) is 8.87. The number of aromatic nitrogens is 1. The topological polar surface area (TPSA) is 110 Å². The van der Waals surface area contributed by atoms with Crippen LogP contribution in [0.5, 0.6) is 5.75 Å². The third-order valence-electron chi connectivity index (χ3n) is 4.32. The smallest absolute Gasteiger partial charge is 0.417 e. The zero-order chi connectivity index (χ0) is 25.5. The van der Waals surface area contributed by atoms with Gasteiger partial charge in [-0.25, -0.2) is 23.9 Å². The van der Waals surface area contributed by atoms with Gasteiger partial charge in [-0.2, -0.15) is 0 Å². The number of amides is 3. The van der Waals surface area contributed by atoms with Crippen LogP contribution in [0.3, 0.4) is 0 Å². The average molecular weight is 481 g/mol. The number of piperazine rings is 1. The number of hydrogen-bond donors (Lipinski definition) is 1. The Bertz CT molecular complexity index is 906. The van der Waals surface area contributed by atoms with Crippen molar-refractivity contribution in [3.05, 3.63) is 30.2 Å². The van der Waals surface area contributed by atoms with Crippen molar-refractivity contribution in [3.63, 3.8) is 0 Å². The lowest BCUT2D eigenvalue weighted by atomic mass is 10.2. The molecule has 0 atom stereocenters. The molecule has 0 bridgehead atoms. The Morgan fingerprint density at radius 3 is 2.32 bits per heavy atom. The number of nitrogens with one attached hydrogen (secondary N) is 1. The quantitative estimate of drug-likeness (QED) is 0.660. The molecule has 1 saturated heterocycles. The molecule has 0 unspecified atom stereocenters. The van der Waals surface area contributed by atoms with Gasteiger partial charge in [-0.3, -0.25) is 4.79 Å². The van der Waals surface area contributed by atoms with E-state index in [2.05, 4.69) is 10.3 Å². The number of imide groups is 1. The van der Waals surface area contributed by atoms with E-state index in [1.807, 2.05) is 0 Å². The summed E-state index contributed by atoms with van der Waals surface area (Å²) in [7, 11) is 0. The number of halogens is 1. The summed E-state index contributed by atoms with van der Waals surface area (Å²) in [5.41, 5.74) is -1.13. The number of hydrogen-bond acceptors (Lipinski definition) is 8. The standard InChI is InChI=1S/C23H33FN4O6/c1-22(2,3)33-20(30)26-12-16(11-24)15-32-17-7-8-18(25-13-17)27-9-10-28(19(29)14-27)21(31)34-23(4,5)6/h7-8,11,13H,9-10,12,14-15H2,1-6H3,(H,26,30)/b16-11+. The molecule has 1 aliphatic heterocycles. The molecule has 10 nitrogen and oxygen atoms in total. The maximum atomic E-state index is 13.1. The molecule has 0 aromatic carbocycles. The molecule has 2 heterocycles. The van der Waals surface area contributed by atoms with Gasteiger partial charge in [0.2, 0.25) is 0 Å². The number of anilines is 1. The predicted octanol–water partition coefficient (Wildman–Crippen LogP) is 3.42.